The van der Waals surface area contributed by atoms with Crippen LogP contribution in [0.15, 0.2) is 36.4 Å². The molecule has 8 nitrogen and oxygen atoms in total. The summed E-state index contributed by atoms with van der Waals surface area (Å²) in [5, 5.41) is 4.04. The summed E-state index contributed by atoms with van der Waals surface area (Å²) in [7, 11) is 3.29. The number of aromatic amines is 1. The number of hydrogen-bond acceptors (Lipinski definition) is 5. The SMILES string of the molecule is COc1ccc(-c2[nH]c3ccc(C4CCN(C(=O)CNCC(N)=O)CC4)cc3c2C(C)C)cc1OC. The molecule has 2 heterocycles. The van der Waals surface area contributed by atoms with Crippen molar-refractivity contribution in [1.82, 2.24) is 15.2 Å². The molecule has 1 aliphatic rings. The molecule has 4 N–H and O–H groups in total. The molecule has 36 heavy (non-hydrogen) atoms. The first-order chi connectivity index (χ1) is 17.3. The summed E-state index contributed by atoms with van der Waals surface area (Å²) in [6, 6.07) is 12.7. The second-order valence-electron chi connectivity index (χ2n) is 9.67. The van der Waals surface area contributed by atoms with Crippen LogP contribution in [0, 0.1) is 0 Å². The van der Waals surface area contributed by atoms with Gasteiger partial charge in [0, 0.05) is 29.6 Å². The normalized spacial score (nSPS) is 14.4. The van der Waals surface area contributed by atoms with Crippen molar-refractivity contribution in [3.63, 3.8) is 0 Å². The van der Waals surface area contributed by atoms with Gasteiger partial charge in [0.15, 0.2) is 11.5 Å². The van der Waals surface area contributed by atoms with Gasteiger partial charge in [-0.15, -0.1) is 0 Å². The average molecular weight is 493 g/mol. The third kappa shape index (κ3) is 5.33. The van der Waals surface area contributed by atoms with Gasteiger partial charge in [-0.3, -0.25) is 14.9 Å². The molecule has 8 heteroatoms. The van der Waals surface area contributed by atoms with E-state index in [1.807, 2.05) is 17.0 Å². The molecule has 0 unspecified atom stereocenters. The Hall–Kier alpha value is -3.52. The monoisotopic (exact) mass is 492 g/mol. The first-order valence-electron chi connectivity index (χ1n) is 12.5. The molecule has 3 aromatic rings. The number of nitrogens with zero attached hydrogens (tertiary/aromatic N) is 1. The number of fused-ring (bicyclic) bond motifs is 1. The fourth-order valence-electron chi connectivity index (χ4n) is 5.17. The van der Waals surface area contributed by atoms with Crippen molar-refractivity contribution >= 4 is 22.7 Å². The Morgan fingerprint density at radius 3 is 2.42 bits per heavy atom. The Balaban J connectivity index is 1.55. The van der Waals surface area contributed by atoms with Gasteiger partial charge in [0.25, 0.3) is 0 Å². The zero-order valence-corrected chi connectivity index (χ0v) is 21.5. The van der Waals surface area contributed by atoms with Crippen molar-refractivity contribution in [3.8, 4) is 22.8 Å². The number of nitrogens with one attached hydrogen (secondary N) is 2. The quantitative estimate of drug-likeness (QED) is 0.421. The van der Waals surface area contributed by atoms with Crippen molar-refractivity contribution < 1.29 is 19.1 Å². The fourth-order valence-corrected chi connectivity index (χ4v) is 5.17. The molecule has 1 aliphatic heterocycles. The minimum absolute atomic E-state index is 0.0115. The highest BCUT2D eigenvalue weighted by Gasteiger charge is 2.25. The lowest BCUT2D eigenvalue weighted by Gasteiger charge is -2.32. The lowest BCUT2D eigenvalue weighted by molar-refractivity contribution is -0.131. The van der Waals surface area contributed by atoms with E-state index in [9.17, 15) is 9.59 Å². The average Bonchev–Trinajstić information content (AvgIpc) is 3.27. The van der Waals surface area contributed by atoms with Gasteiger partial charge < -0.3 is 25.1 Å². The molecule has 0 spiro atoms. The highest BCUT2D eigenvalue weighted by atomic mass is 16.5. The molecule has 0 radical (unpaired) electrons. The largest absolute Gasteiger partial charge is 0.493 e. The van der Waals surface area contributed by atoms with Gasteiger partial charge in [-0.05, 0) is 66.1 Å². The third-order valence-corrected chi connectivity index (χ3v) is 7.01. The van der Waals surface area contributed by atoms with Gasteiger partial charge in [0.1, 0.15) is 0 Å². The van der Waals surface area contributed by atoms with Gasteiger partial charge in [-0.2, -0.15) is 0 Å². The summed E-state index contributed by atoms with van der Waals surface area (Å²) in [6.45, 7) is 6.01. The summed E-state index contributed by atoms with van der Waals surface area (Å²) in [5.74, 6) is 1.68. The van der Waals surface area contributed by atoms with Crippen LogP contribution in [0.4, 0.5) is 0 Å². The number of piperidine rings is 1. The zero-order valence-electron chi connectivity index (χ0n) is 21.5. The minimum atomic E-state index is -0.461. The number of ether oxygens (including phenoxy) is 2. The molecule has 1 fully saturated rings. The van der Waals surface area contributed by atoms with E-state index in [0.29, 0.717) is 36.4 Å². The van der Waals surface area contributed by atoms with Crippen LogP contribution in [-0.2, 0) is 9.59 Å². The van der Waals surface area contributed by atoms with Crippen LogP contribution in [0.3, 0.4) is 0 Å². The standard InChI is InChI=1S/C28H36N4O4/c1-17(2)27-21-13-19(18-9-11-32(12-10-18)26(34)16-30-15-25(29)33)5-7-22(21)31-28(27)20-6-8-23(35-3)24(14-20)36-4/h5-8,13-14,17-18,30-31H,9-12,15-16H2,1-4H3,(H2,29,33). The molecule has 1 aromatic heterocycles. The predicted molar refractivity (Wildman–Crippen MR) is 142 cm³/mol. The lowest BCUT2D eigenvalue weighted by atomic mass is 9.87. The number of hydrogen-bond donors (Lipinski definition) is 3. The van der Waals surface area contributed by atoms with Crippen LogP contribution in [0.2, 0.25) is 0 Å². The molecule has 4 rings (SSSR count). The number of rotatable bonds is 9. The van der Waals surface area contributed by atoms with Gasteiger partial charge in [-0.25, -0.2) is 0 Å². The van der Waals surface area contributed by atoms with Crippen LogP contribution >= 0.6 is 0 Å². The van der Waals surface area contributed by atoms with E-state index in [2.05, 4.69) is 48.4 Å². The Labute approximate surface area is 212 Å². The second kappa shape index (κ2) is 11.0. The number of carbonyl (C=O) groups excluding carboxylic acids is 2. The number of amides is 2. The number of primary amides is 1. The van der Waals surface area contributed by atoms with E-state index >= 15 is 0 Å². The van der Waals surface area contributed by atoms with E-state index in [4.69, 9.17) is 15.2 Å². The second-order valence-corrected chi connectivity index (χ2v) is 9.67. The molecule has 0 bridgehead atoms. The first kappa shape index (κ1) is 25.6. The maximum atomic E-state index is 12.4. The van der Waals surface area contributed by atoms with Crippen molar-refractivity contribution in [3.05, 3.63) is 47.5 Å². The Morgan fingerprint density at radius 1 is 1.06 bits per heavy atom. The van der Waals surface area contributed by atoms with E-state index in [-0.39, 0.29) is 19.0 Å². The molecular weight excluding hydrogens is 456 g/mol. The number of aromatic nitrogens is 1. The Bertz CT molecular complexity index is 1240. The molecule has 0 saturated carbocycles. The highest BCUT2D eigenvalue weighted by molar-refractivity contribution is 5.92. The number of carbonyl (C=O) groups is 2. The van der Waals surface area contributed by atoms with Crippen molar-refractivity contribution in [2.24, 2.45) is 5.73 Å². The van der Waals surface area contributed by atoms with E-state index < -0.39 is 5.91 Å². The van der Waals surface area contributed by atoms with Gasteiger partial charge in [0.05, 0.1) is 33.0 Å². The topological polar surface area (TPSA) is 110 Å². The van der Waals surface area contributed by atoms with E-state index in [0.717, 1.165) is 29.6 Å². The molecule has 1 saturated heterocycles. The maximum Gasteiger partial charge on any atom is 0.236 e. The smallest absolute Gasteiger partial charge is 0.236 e. The predicted octanol–water partition coefficient (Wildman–Crippen LogP) is 3.76. The number of benzene rings is 2. The number of methoxy groups -OCH3 is 2. The molecule has 2 aromatic carbocycles. The van der Waals surface area contributed by atoms with Crippen LogP contribution < -0.4 is 20.5 Å². The highest BCUT2D eigenvalue weighted by Crippen LogP contribution is 2.40. The number of likely N-dealkylation sites (tertiary alicyclic amines) is 1. The molecule has 2 amide bonds. The maximum absolute atomic E-state index is 12.4. The van der Waals surface area contributed by atoms with Crippen molar-refractivity contribution in [2.75, 3.05) is 40.4 Å². The number of H-pyrrole nitrogens is 1. The summed E-state index contributed by atoms with van der Waals surface area (Å²) >= 11 is 0. The van der Waals surface area contributed by atoms with Crippen molar-refractivity contribution in [1.29, 1.82) is 0 Å². The first-order valence-corrected chi connectivity index (χ1v) is 12.5. The van der Waals surface area contributed by atoms with Crippen LogP contribution in [0.5, 0.6) is 11.5 Å². The van der Waals surface area contributed by atoms with Crippen molar-refractivity contribution in [2.45, 2.75) is 38.5 Å². The molecule has 0 atom stereocenters. The lowest BCUT2D eigenvalue weighted by Crippen LogP contribution is -2.44. The van der Waals surface area contributed by atoms with Crippen LogP contribution in [-0.4, -0.2) is 62.1 Å². The van der Waals surface area contributed by atoms with Gasteiger partial charge in [-0.1, -0.05) is 19.9 Å². The van der Waals surface area contributed by atoms with Gasteiger partial charge in [0.2, 0.25) is 11.8 Å². The summed E-state index contributed by atoms with van der Waals surface area (Å²) in [4.78, 5) is 28.8. The van der Waals surface area contributed by atoms with E-state index in [1.54, 1.807) is 14.2 Å². The zero-order chi connectivity index (χ0) is 25.8. The van der Waals surface area contributed by atoms with E-state index in [1.165, 1.54) is 16.5 Å². The Morgan fingerprint density at radius 2 is 1.78 bits per heavy atom. The molecule has 0 aliphatic carbocycles. The Kier molecular flexibility index (Phi) is 7.84. The summed E-state index contributed by atoms with van der Waals surface area (Å²) in [6.07, 6.45) is 1.83. The third-order valence-electron chi connectivity index (χ3n) is 7.01. The molecule has 192 valence electrons. The minimum Gasteiger partial charge on any atom is -0.493 e. The summed E-state index contributed by atoms with van der Waals surface area (Å²) < 4.78 is 11.0. The van der Waals surface area contributed by atoms with Gasteiger partial charge >= 0.3 is 0 Å². The number of nitrogens with two attached hydrogens (primary N) is 1. The van der Waals surface area contributed by atoms with Crippen LogP contribution in [0.1, 0.15) is 49.7 Å². The summed E-state index contributed by atoms with van der Waals surface area (Å²) in [5.41, 5.74) is 11.0. The fraction of sp³-hybridized carbons (Fsp3) is 0.429. The van der Waals surface area contributed by atoms with Crippen LogP contribution in [0.25, 0.3) is 22.2 Å². The molecular formula is C28H36N4O4.